The second kappa shape index (κ2) is 7.22. The highest BCUT2D eigenvalue weighted by atomic mass is 16.3. The summed E-state index contributed by atoms with van der Waals surface area (Å²) in [7, 11) is 0. The quantitative estimate of drug-likeness (QED) is 0.761. The van der Waals surface area contributed by atoms with Crippen LogP contribution in [-0.2, 0) is 6.54 Å². The Kier molecular flexibility index (Phi) is 5.32. The second-order valence-corrected chi connectivity index (χ2v) is 5.41. The summed E-state index contributed by atoms with van der Waals surface area (Å²) >= 11 is 0. The van der Waals surface area contributed by atoms with Crippen molar-refractivity contribution in [2.45, 2.75) is 32.9 Å². The molecule has 0 saturated heterocycles. The van der Waals surface area contributed by atoms with Gasteiger partial charge in [-0.1, -0.05) is 26.0 Å². The van der Waals surface area contributed by atoms with Crippen LogP contribution in [0.15, 0.2) is 43.0 Å². The second-order valence-electron chi connectivity index (χ2n) is 5.41. The van der Waals surface area contributed by atoms with Gasteiger partial charge >= 0.3 is 0 Å². The minimum Gasteiger partial charge on any atom is -0.393 e. The van der Waals surface area contributed by atoms with E-state index in [1.165, 1.54) is 5.56 Å². The van der Waals surface area contributed by atoms with Crippen molar-refractivity contribution >= 4 is 0 Å². The molecule has 0 amide bonds. The van der Waals surface area contributed by atoms with Gasteiger partial charge in [0.15, 0.2) is 0 Å². The molecule has 0 bridgehead atoms. The molecular formula is C16H23N3O. The van der Waals surface area contributed by atoms with Crippen LogP contribution in [-0.4, -0.2) is 27.3 Å². The van der Waals surface area contributed by atoms with E-state index in [1.54, 1.807) is 12.5 Å². The molecule has 2 rings (SSSR count). The highest BCUT2D eigenvalue weighted by Gasteiger charge is 2.07. The SMILES string of the molecule is CC(C)C(O)CCNCc1ccc(-n2ccnc2)cc1. The fourth-order valence-electron chi connectivity index (χ4n) is 2.01. The first-order valence-corrected chi connectivity index (χ1v) is 7.13. The van der Waals surface area contributed by atoms with Gasteiger partial charge in [0.1, 0.15) is 0 Å². The largest absolute Gasteiger partial charge is 0.393 e. The molecule has 2 aromatic rings. The third-order valence-corrected chi connectivity index (χ3v) is 3.45. The molecule has 0 fully saturated rings. The van der Waals surface area contributed by atoms with Gasteiger partial charge in [-0.3, -0.25) is 0 Å². The first kappa shape index (κ1) is 14.8. The highest BCUT2D eigenvalue weighted by molar-refractivity contribution is 5.34. The molecule has 1 heterocycles. The zero-order chi connectivity index (χ0) is 14.4. The Morgan fingerprint density at radius 3 is 2.60 bits per heavy atom. The smallest absolute Gasteiger partial charge is 0.0991 e. The molecule has 0 saturated carbocycles. The number of nitrogens with zero attached hydrogens (tertiary/aromatic N) is 2. The maximum absolute atomic E-state index is 9.72. The van der Waals surface area contributed by atoms with Crippen LogP contribution in [0.4, 0.5) is 0 Å². The zero-order valence-corrected chi connectivity index (χ0v) is 12.2. The third-order valence-electron chi connectivity index (χ3n) is 3.45. The summed E-state index contributed by atoms with van der Waals surface area (Å²) in [6.07, 6.45) is 6.08. The summed E-state index contributed by atoms with van der Waals surface area (Å²) in [5.41, 5.74) is 2.36. The van der Waals surface area contributed by atoms with E-state index in [-0.39, 0.29) is 6.10 Å². The van der Waals surface area contributed by atoms with Crippen LogP contribution in [0.25, 0.3) is 5.69 Å². The fraction of sp³-hybridized carbons (Fsp3) is 0.438. The van der Waals surface area contributed by atoms with E-state index >= 15 is 0 Å². The van der Waals surface area contributed by atoms with E-state index in [0.29, 0.717) is 5.92 Å². The summed E-state index contributed by atoms with van der Waals surface area (Å²) < 4.78 is 1.98. The zero-order valence-electron chi connectivity index (χ0n) is 12.2. The lowest BCUT2D eigenvalue weighted by atomic mass is 10.0. The first-order valence-electron chi connectivity index (χ1n) is 7.13. The first-order chi connectivity index (χ1) is 9.66. The van der Waals surface area contributed by atoms with Crippen molar-refractivity contribution in [2.24, 2.45) is 5.92 Å². The van der Waals surface area contributed by atoms with Gasteiger partial charge in [0.2, 0.25) is 0 Å². The number of nitrogens with one attached hydrogen (secondary N) is 1. The molecule has 4 heteroatoms. The maximum Gasteiger partial charge on any atom is 0.0991 e. The predicted molar refractivity (Wildman–Crippen MR) is 80.7 cm³/mol. The standard InChI is InChI=1S/C16H23N3O/c1-13(2)16(20)7-8-17-11-14-3-5-15(6-4-14)19-10-9-18-12-19/h3-6,9-10,12-13,16-17,20H,7-8,11H2,1-2H3. The molecule has 1 aromatic carbocycles. The molecule has 0 aliphatic rings. The lowest BCUT2D eigenvalue weighted by Gasteiger charge is -2.14. The Labute approximate surface area is 120 Å². The van der Waals surface area contributed by atoms with E-state index in [0.717, 1.165) is 25.2 Å². The van der Waals surface area contributed by atoms with E-state index in [4.69, 9.17) is 0 Å². The van der Waals surface area contributed by atoms with Crippen LogP contribution >= 0.6 is 0 Å². The summed E-state index contributed by atoms with van der Waals surface area (Å²) in [6, 6.07) is 8.39. The molecular weight excluding hydrogens is 250 g/mol. The van der Waals surface area contributed by atoms with Crippen molar-refractivity contribution in [3.8, 4) is 5.69 Å². The van der Waals surface area contributed by atoms with Crippen molar-refractivity contribution in [2.75, 3.05) is 6.54 Å². The Morgan fingerprint density at radius 1 is 1.25 bits per heavy atom. The van der Waals surface area contributed by atoms with Gasteiger partial charge in [-0.05, 0) is 36.6 Å². The van der Waals surface area contributed by atoms with Gasteiger partial charge in [-0.25, -0.2) is 4.98 Å². The van der Waals surface area contributed by atoms with Crippen LogP contribution in [0, 0.1) is 5.92 Å². The van der Waals surface area contributed by atoms with Crippen molar-refractivity contribution in [1.82, 2.24) is 14.9 Å². The number of aliphatic hydroxyl groups excluding tert-OH is 1. The van der Waals surface area contributed by atoms with Crippen molar-refractivity contribution < 1.29 is 5.11 Å². The molecule has 0 spiro atoms. The molecule has 1 atom stereocenters. The summed E-state index contributed by atoms with van der Waals surface area (Å²) in [5.74, 6) is 0.325. The molecule has 108 valence electrons. The van der Waals surface area contributed by atoms with Crippen LogP contribution in [0.3, 0.4) is 0 Å². The average Bonchev–Trinajstić information content (AvgIpc) is 2.98. The van der Waals surface area contributed by atoms with E-state index in [2.05, 4.69) is 34.6 Å². The molecule has 4 nitrogen and oxygen atoms in total. The molecule has 20 heavy (non-hydrogen) atoms. The summed E-state index contributed by atoms with van der Waals surface area (Å²) in [5, 5.41) is 13.1. The molecule has 1 aromatic heterocycles. The Bertz CT molecular complexity index is 491. The summed E-state index contributed by atoms with van der Waals surface area (Å²) in [4.78, 5) is 4.04. The number of imidazole rings is 1. The Balaban J connectivity index is 1.77. The maximum atomic E-state index is 9.72. The van der Waals surface area contributed by atoms with Crippen molar-refractivity contribution in [3.05, 3.63) is 48.5 Å². The van der Waals surface area contributed by atoms with E-state index < -0.39 is 0 Å². The van der Waals surface area contributed by atoms with Gasteiger partial charge in [-0.2, -0.15) is 0 Å². The van der Waals surface area contributed by atoms with Gasteiger partial charge in [0.05, 0.1) is 12.4 Å². The minimum absolute atomic E-state index is 0.217. The van der Waals surface area contributed by atoms with E-state index in [9.17, 15) is 5.11 Å². The Morgan fingerprint density at radius 2 is 2.00 bits per heavy atom. The third kappa shape index (κ3) is 4.18. The fourth-order valence-corrected chi connectivity index (χ4v) is 2.01. The number of rotatable bonds is 7. The van der Waals surface area contributed by atoms with Crippen LogP contribution < -0.4 is 5.32 Å². The molecule has 2 N–H and O–H groups in total. The average molecular weight is 273 g/mol. The minimum atomic E-state index is -0.217. The highest BCUT2D eigenvalue weighted by Crippen LogP contribution is 2.09. The van der Waals surface area contributed by atoms with Crippen LogP contribution in [0.2, 0.25) is 0 Å². The number of hydrogen-bond acceptors (Lipinski definition) is 3. The lowest BCUT2D eigenvalue weighted by Crippen LogP contribution is -2.23. The number of aromatic nitrogens is 2. The summed E-state index contributed by atoms with van der Waals surface area (Å²) in [6.45, 7) is 5.75. The molecule has 0 aliphatic heterocycles. The number of aliphatic hydroxyl groups is 1. The monoisotopic (exact) mass is 273 g/mol. The van der Waals surface area contributed by atoms with Crippen LogP contribution in [0.1, 0.15) is 25.8 Å². The van der Waals surface area contributed by atoms with E-state index in [1.807, 2.05) is 24.6 Å². The van der Waals surface area contributed by atoms with Gasteiger partial charge in [0.25, 0.3) is 0 Å². The molecule has 1 unspecified atom stereocenters. The van der Waals surface area contributed by atoms with Crippen molar-refractivity contribution in [1.29, 1.82) is 0 Å². The van der Waals surface area contributed by atoms with Gasteiger partial charge in [0, 0.05) is 24.6 Å². The normalized spacial score (nSPS) is 12.8. The number of benzene rings is 1. The van der Waals surface area contributed by atoms with Gasteiger partial charge < -0.3 is 15.0 Å². The van der Waals surface area contributed by atoms with Crippen molar-refractivity contribution in [3.63, 3.8) is 0 Å². The number of hydrogen-bond donors (Lipinski definition) is 2. The lowest BCUT2D eigenvalue weighted by molar-refractivity contribution is 0.116. The topological polar surface area (TPSA) is 50.1 Å². The molecule has 0 aliphatic carbocycles. The van der Waals surface area contributed by atoms with Crippen LogP contribution in [0.5, 0.6) is 0 Å². The van der Waals surface area contributed by atoms with Gasteiger partial charge in [-0.15, -0.1) is 0 Å². The predicted octanol–water partition coefficient (Wildman–Crippen LogP) is 2.37. The Hall–Kier alpha value is -1.65. The molecule has 0 radical (unpaired) electrons.